The number of benzene rings is 3. The van der Waals surface area contributed by atoms with E-state index in [2.05, 4.69) is 103 Å². The predicted molar refractivity (Wildman–Crippen MR) is 148 cm³/mol. The summed E-state index contributed by atoms with van der Waals surface area (Å²) in [5, 5.41) is 3.80. The molecule has 0 saturated carbocycles. The monoisotopic (exact) mass is 473 g/mol. The average molecular weight is 474 g/mol. The van der Waals surface area contributed by atoms with Crippen LogP contribution in [0, 0.1) is 0 Å². The van der Waals surface area contributed by atoms with Crippen molar-refractivity contribution >= 4 is 34.1 Å². The fourth-order valence-corrected chi connectivity index (χ4v) is 5.71. The van der Waals surface area contributed by atoms with E-state index >= 15 is 0 Å². The van der Waals surface area contributed by atoms with Crippen molar-refractivity contribution in [3.8, 4) is 11.3 Å². The smallest absolute Gasteiger partial charge is 0.0719 e. The van der Waals surface area contributed by atoms with Crippen LogP contribution in [-0.2, 0) is 0 Å². The summed E-state index contributed by atoms with van der Waals surface area (Å²) in [6, 6.07) is 27.3. The van der Waals surface area contributed by atoms with Crippen LogP contribution in [0.1, 0.15) is 45.2 Å². The number of piperidine rings is 1. The van der Waals surface area contributed by atoms with E-state index in [1.54, 1.807) is 0 Å². The highest BCUT2D eigenvalue weighted by molar-refractivity contribution is 5.97. The molecule has 0 spiro atoms. The van der Waals surface area contributed by atoms with Crippen LogP contribution in [0.5, 0.6) is 0 Å². The molecule has 1 unspecified atom stereocenters. The Bertz CT molecular complexity index is 1240. The average Bonchev–Trinajstić information content (AvgIpc) is 2.88. The summed E-state index contributed by atoms with van der Waals surface area (Å²) in [4.78, 5) is 10.4. The first-order chi connectivity index (χ1) is 16.2. The highest BCUT2D eigenvalue weighted by Gasteiger charge is 2.27. The van der Waals surface area contributed by atoms with Gasteiger partial charge in [0.05, 0.1) is 11.2 Å². The molecule has 4 heteroatoms. The van der Waals surface area contributed by atoms with Crippen molar-refractivity contribution in [3.63, 3.8) is 0 Å². The molecule has 0 radical (unpaired) electrons. The Morgan fingerprint density at radius 1 is 0.882 bits per heavy atom. The number of rotatable bonds is 6. The summed E-state index contributed by atoms with van der Waals surface area (Å²) in [7, 11) is 0. The minimum atomic E-state index is 0. The van der Waals surface area contributed by atoms with Crippen molar-refractivity contribution in [3.05, 3.63) is 78.4 Å². The number of nitrogens with zero attached hydrogens (tertiary/aromatic N) is 3. The Balaban J connectivity index is 0.00000274. The molecule has 0 bridgehead atoms. The van der Waals surface area contributed by atoms with Gasteiger partial charge < -0.3 is 4.90 Å². The largest absolute Gasteiger partial charge is 0.301 e. The summed E-state index contributed by atoms with van der Waals surface area (Å²) in [5.41, 5.74) is 4.77. The van der Waals surface area contributed by atoms with Crippen molar-refractivity contribution in [2.75, 3.05) is 26.2 Å². The fraction of sp³-hybridized carbons (Fsp3) is 0.367. The lowest BCUT2D eigenvalue weighted by Gasteiger charge is -2.40. The maximum atomic E-state index is 5.12. The molecule has 1 aliphatic rings. The maximum absolute atomic E-state index is 5.12. The molecule has 1 aliphatic heterocycles. The van der Waals surface area contributed by atoms with E-state index in [-0.39, 0.29) is 12.4 Å². The molecule has 4 aromatic rings. The second-order valence-corrected chi connectivity index (χ2v) is 9.30. The third-order valence-electron chi connectivity index (χ3n) is 7.64. The van der Waals surface area contributed by atoms with Gasteiger partial charge in [-0.1, -0.05) is 74.5 Å². The normalized spacial score (nSPS) is 16.1. The summed E-state index contributed by atoms with van der Waals surface area (Å²) in [5.74, 6) is 0. The van der Waals surface area contributed by atoms with Gasteiger partial charge in [0.2, 0.25) is 0 Å². The highest BCUT2D eigenvalue weighted by atomic mass is 35.5. The van der Waals surface area contributed by atoms with E-state index in [4.69, 9.17) is 4.98 Å². The molecule has 1 saturated heterocycles. The lowest BCUT2D eigenvalue weighted by Crippen LogP contribution is -2.45. The van der Waals surface area contributed by atoms with Gasteiger partial charge in [-0.15, -0.1) is 12.4 Å². The van der Waals surface area contributed by atoms with Crippen LogP contribution >= 0.6 is 12.4 Å². The van der Waals surface area contributed by atoms with Crippen molar-refractivity contribution in [2.24, 2.45) is 0 Å². The lowest BCUT2D eigenvalue weighted by atomic mass is 9.94. The van der Waals surface area contributed by atoms with Gasteiger partial charge in [-0.25, -0.2) is 4.98 Å². The second-order valence-electron chi connectivity index (χ2n) is 9.30. The quantitative estimate of drug-likeness (QED) is 0.292. The minimum Gasteiger partial charge on any atom is -0.301 e. The third kappa shape index (κ3) is 4.70. The summed E-state index contributed by atoms with van der Waals surface area (Å²) < 4.78 is 0. The number of halogens is 1. The van der Waals surface area contributed by atoms with Gasteiger partial charge in [-0.2, -0.15) is 0 Å². The van der Waals surface area contributed by atoms with E-state index in [1.807, 2.05) is 0 Å². The van der Waals surface area contributed by atoms with E-state index in [1.165, 1.54) is 40.1 Å². The topological polar surface area (TPSA) is 19.4 Å². The Labute approximate surface area is 210 Å². The standard InChI is InChI=1S/C30H35N3.ClH/c1-4-32(5-2)24-17-19-33(20-18-24)22(3)28-21-30(31-29-16-9-8-14-27(28)29)26-15-10-12-23-11-6-7-13-25(23)26;/h6-16,21-22,24H,4-5,17-20H2,1-3H3;1H. The molecule has 1 aromatic heterocycles. The molecule has 0 amide bonds. The van der Waals surface area contributed by atoms with Gasteiger partial charge in [0.15, 0.2) is 0 Å². The Hall–Kier alpha value is -2.46. The molecule has 3 aromatic carbocycles. The van der Waals surface area contributed by atoms with Crippen molar-refractivity contribution in [2.45, 2.75) is 45.7 Å². The molecular weight excluding hydrogens is 438 g/mol. The Morgan fingerprint density at radius 3 is 2.26 bits per heavy atom. The first-order valence-electron chi connectivity index (χ1n) is 12.6. The number of para-hydroxylation sites is 1. The molecule has 5 rings (SSSR count). The van der Waals surface area contributed by atoms with Crippen LogP contribution in [-0.4, -0.2) is 47.0 Å². The molecule has 3 nitrogen and oxygen atoms in total. The number of aromatic nitrogens is 1. The maximum Gasteiger partial charge on any atom is 0.0719 e. The van der Waals surface area contributed by atoms with Gasteiger partial charge in [0.25, 0.3) is 0 Å². The number of likely N-dealkylation sites (tertiary alicyclic amines) is 1. The molecule has 178 valence electrons. The third-order valence-corrected chi connectivity index (χ3v) is 7.64. The molecule has 0 N–H and O–H groups in total. The first kappa shape index (κ1) is 24.7. The van der Waals surface area contributed by atoms with Crippen molar-refractivity contribution in [1.29, 1.82) is 0 Å². The van der Waals surface area contributed by atoms with E-state index in [9.17, 15) is 0 Å². The van der Waals surface area contributed by atoms with E-state index in [0.717, 1.165) is 43.4 Å². The second kappa shape index (κ2) is 10.9. The Kier molecular flexibility index (Phi) is 7.88. The zero-order valence-electron chi connectivity index (χ0n) is 20.6. The predicted octanol–water partition coefficient (Wildman–Crippen LogP) is 7.34. The summed E-state index contributed by atoms with van der Waals surface area (Å²) in [6.07, 6.45) is 2.51. The fourth-order valence-electron chi connectivity index (χ4n) is 5.71. The zero-order chi connectivity index (χ0) is 22.8. The molecule has 1 fully saturated rings. The van der Waals surface area contributed by atoms with Crippen LogP contribution in [0.4, 0.5) is 0 Å². The highest BCUT2D eigenvalue weighted by Crippen LogP contribution is 2.35. The van der Waals surface area contributed by atoms with E-state index < -0.39 is 0 Å². The van der Waals surface area contributed by atoms with E-state index in [0.29, 0.717) is 6.04 Å². The van der Waals surface area contributed by atoms with Crippen molar-refractivity contribution < 1.29 is 0 Å². The van der Waals surface area contributed by atoms with Crippen LogP contribution < -0.4 is 0 Å². The van der Waals surface area contributed by atoms with Crippen LogP contribution in [0.2, 0.25) is 0 Å². The summed E-state index contributed by atoms with van der Waals surface area (Å²) in [6.45, 7) is 11.6. The van der Waals surface area contributed by atoms with Crippen molar-refractivity contribution in [1.82, 2.24) is 14.8 Å². The molecule has 34 heavy (non-hydrogen) atoms. The van der Waals surface area contributed by atoms with Gasteiger partial charge >= 0.3 is 0 Å². The number of fused-ring (bicyclic) bond motifs is 2. The van der Waals surface area contributed by atoms with Crippen LogP contribution in [0.15, 0.2) is 72.8 Å². The van der Waals surface area contributed by atoms with Gasteiger partial charge in [0, 0.05) is 36.1 Å². The molecular formula is C30H36ClN3. The summed E-state index contributed by atoms with van der Waals surface area (Å²) >= 11 is 0. The number of hydrogen-bond donors (Lipinski definition) is 0. The minimum absolute atomic E-state index is 0. The van der Waals surface area contributed by atoms with Crippen LogP contribution in [0.3, 0.4) is 0 Å². The molecule has 2 heterocycles. The first-order valence-corrected chi connectivity index (χ1v) is 12.6. The SMILES string of the molecule is CCN(CC)C1CCN(C(C)c2cc(-c3cccc4ccccc34)nc3ccccc23)CC1.Cl. The molecule has 1 atom stereocenters. The zero-order valence-corrected chi connectivity index (χ0v) is 21.4. The number of hydrogen-bond acceptors (Lipinski definition) is 3. The van der Waals surface area contributed by atoms with Gasteiger partial charge in [0.1, 0.15) is 0 Å². The van der Waals surface area contributed by atoms with Gasteiger partial charge in [-0.3, -0.25) is 4.90 Å². The lowest BCUT2D eigenvalue weighted by molar-refractivity contribution is 0.0943. The number of pyridine rings is 1. The Morgan fingerprint density at radius 2 is 1.53 bits per heavy atom. The molecule has 0 aliphatic carbocycles. The van der Waals surface area contributed by atoms with Crippen LogP contribution in [0.25, 0.3) is 32.9 Å². The van der Waals surface area contributed by atoms with Gasteiger partial charge in [-0.05, 0) is 61.3 Å².